The summed E-state index contributed by atoms with van der Waals surface area (Å²) in [5.41, 5.74) is 8.47. The van der Waals surface area contributed by atoms with Crippen LogP contribution < -0.4 is 5.73 Å². The molecule has 3 atom stereocenters. The first-order valence-corrected chi connectivity index (χ1v) is 7.40. The first-order valence-electron chi connectivity index (χ1n) is 7.40. The van der Waals surface area contributed by atoms with Crippen LogP contribution in [0.1, 0.15) is 29.9 Å². The van der Waals surface area contributed by atoms with Crippen molar-refractivity contribution in [3.8, 4) is 0 Å². The lowest BCUT2D eigenvalue weighted by Crippen LogP contribution is -2.29. The van der Waals surface area contributed by atoms with E-state index in [0.717, 1.165) is 24.0 Å². The molecule has 110 valence electrons. The standard InChI is InChI=1S/C18H20FNO/c19-15-8-6-14(7-9-15)18-16(20)10-11-17(18)21-12-13-4-2-1-3-5-13/h1-9,16-18H,10-12,20H2. The minimum absolute atomic E-state index is 0.0798. The van der Waals surface area contributed by atoms with Crippen LogP contribution >= 0.6 is 0 Å². The van der Waals surface area contributed by atoms with Gasteiger partial charge in [0.15, 0.2) is 0 Å². The maximum absolute atomic E-state index is 13.1. The van der Waals surface area contributed by atoms with Gasteiger partial charge >= 0.3 is 0 Å². The first-order chi connectivity index (χ1) is 10.2. The molecule has 21 heavy (non-hydrogen) atoms. The van der Waals surface area contributed by atoms with Crippen molar-refractivity contribution in [3.05, 3.63) is 71.5 Å². The largest absolute Gasteiger partial charge is 0.373 e. The van der Waals surface area contributed by atoms with E-state index in [1.165, 1.54) is 12.1 Å². The Morgan fingerprint density at radius 3 is 2.43 bits per heavy atom. The molecule has 3 unspecified atom stereocenters. The second-order valence-electron chi connectivity index (χ2n) is 5.65. The Kier molecular flexibility index (Phi) is 4.32. The fraction of sp³-hybridized carbons (Fsp3) is 0.333. The normalized spacial score (nSPS) is 25.1. The Bertz CT molecular complexity index is 570. The number of halogens is 1. The molecule has 0 bridgehead atoms. The molecule has 2 aromatic rings. The van der Waals surface area contributed by atoms with Gasteiger partial charge in [0.2, 0.25) is 0 Å². The molecule has 1 aliphatic carbocycles. The Morgan fingerprint density at radius 2 is 1.71 bits per heavy atom. The third-order valence-electron chi connectivity index (χ3n) is 4.21. The van der Waals surface area contributed by atoms with Crippen LogP contribution in [-0.4, -0.2) is 12.1 Å². The molecule has 2 aromatic carbocycles. The van der Waals surface area contributed by atoms with Gasteiger partial charge < -0.3 is 10.5 Å². The predicted octanol–water partition coefficient (Wildman–Crippen LogP) is 3.62. The highest BCUT2D eigenvalue weighted by atomic mass is 19.1. The second-order valence-corrected chi connectivity index (χ2v) is 5.65. The van der Waals surface area contributed by atoms with Crippen molar-refractivity contribution in [2.24, 2.45) is 5.73 Å². The van der Waals surface area contributed by atoms with Gasteiger partial charge in [-0.2, -0.15) is 0 Å². The van der Waals surface area contributed by atoms with Gasteiger partial charge in [0.05, 0.1) is 12.7 Å². The molecule has 1 fully saturated rings. The fourth-order valence-corrected chi connectivity index (χ4v) is 3.10. The van der Waals surface area contributed by atoms with E-state index in [1.54, 1.807) is 0 Å². The summed E-state index contributed by atoms with van der Waals surface area (Å²) in [5.74, 6) is -0.0682. The van der Waals surface area contributed by atoms with Crippen LogP contribution in [0.4, 0.5) is 4.39 Å². The molecular formula is C18H20FNO. The van der Waals surface area contributed by atoms with Crippen LogP contribution in [0.5, 0.6) is 0 Å². The van der Waals surface area contributed by atoms with Crippen molar-refractivity contribution in [2.45, 2.75) is 37.5 Å². The number of rotatable bonds is 4. The highest BCUT2D eigenvalue weighted by Crippen LogP contribution is 2.36. The molecule has 1 aliphatic rings. The monoisotopic (exact) mass is 285 g/mol. The highest BCUT2D eigenvalue weighted by molar-refractivity contribution is 5.25. The van der Waals surface area contributed by atoms with E-state index in [-0.39, 0.29) is 23.9 Å². The van der Waals surface area contributed by atoms with Gasteiger partial charge in [-0.05, 0) is 36.1 Å². The smallest absolute Gasteiger partial charge is 0.123 e. The van der Waals surface area contributed by atoms with Gasteiger partial charge in [-0.15, -0.1) is 0 Å². The molecule has 0 spiro atoms. The fourth-order valence-electron chi connectivity index (χ4n) is 3.10. The molecule has 0 aromatic heterocycles. The lowest BCUT2D eigenvalue weighted by molar-refractivity contribution is 0.0329. The Morgan fingerprint density at radius 1 is 1.00 bits per heavy atom. The summed E-state index contributed by atoms with van der Waals surface area (Å²) < 4.78 is 19.2. The maximum Gasteiger partial charge on any atom is 0.123 e. The summed E-state index contributed by atoms with van der Waals surface area (Å²) >= 11 is 0. The molecule has 3 heteroatoms. The molecule has 2 nitrogen and oxygen atoms in total. The minimum Gasteiger partial charge on any atom is -0.373 e. The topological polar surface area (TPSA) is 35.2 Å². The van der Waals surface area contributed by atoms with Crippen molar-refractivity contribution >= 4 is 0 Å². The van der Waals surface area contributed by atoms with E-state index >= 15 is 0 Å². The molecular weight excluding hydrogens is 265 g/mol. The van der Waals surface area contributed by atoms with Crippen molar-refractivity contribution in [2.75, 3.05) is 0 Å². The van der Waals surface area contributed by atoms with Crippen LogP contribution in [0.25, 0.3) is 0 Å². The first kappa shape index (κ1) is 14.2. The third-order valence-corrected chi connectivity index (χ3v) is 4.21. The van der Waals surface area contributed by atoms with Gasteiger partial charge in [0.25, 0.3) is 0 Å². The molecule has 2 N–H and O–H groups in total. The summed E-state index contributed by atoms with van der Waals surface area (Å²) in [6, 6.07) is 16.8. The second kappa shape index (κ2) is 6.37. The number of hydrogen-bond donors (Lipinski definition) is 1. The average Bonchev–Trinajstić information content (AvgIpc) is 2.88. The van der Waals surface area contributed by atoms with Gasteiger partial charge in [-0.25, -0.2) is 4.39 Å². The summed E-state index contributed by atoms with van der Waals surface area (Å²) in [6.07, 6.45) is 2.00. The number of hydrogen-bond acceptors (Lipinski definition) is 2. The summed E-state index contributed by atoms with van der Waals surface area (Å²) in [6.45, 7) is 0.593. The number of benzene rings is 2. The molecule has 1 saturated carbocycles. The SMILES string of the molecule is NC1CCC(OCc2ccccc2)C1c1ccc(F)cc1. The average molecular weight is 285 g/mol. The molecule has 0 heterocycles. The summed E-state index contributed by atoms with van der Waals surface area (Å²) in [4.78, 5) is 0. The van der Waals surface area contributed by atoms with Crippen molar-refractivity contribution in [1.29, 1.82) is 0 Å². The lowest BCUT2D eigenvalue weighted by Gasteiger charge is -2.23. The molecule has 0 aliphatic heterocycles. The van der Waals surface area contributed by atoms with Crippen LogP contribution in [0.2, 0.25) is 0 Å². The van der Waals surface area contributed by atoms with Crippen molar-refractivity contribution < 1.29 is 9.13 Å². The predicted molar refractivity (Wildman–Crippen MR) is 81.4 cm³/mol. The lowest BCUT2D eigenvalue weighted by atomic mass is 9.93. The zero-order valence-electron chi connectivity index (χ0n) is 11.9. The Balaban J connectivity index is 1.70. The van der Waals surface area contributed by atoms with E-state index in [0.29, 0.717) is 6.61 Å². The zero-order chi connectivity index (χ0) is 14.7. The van der Waals surface area contributed by atoms with E-state index < -0.39 is 0 Å². The van der Waals surface area contributed by atoms with E-state index in [9.17, 15) is 4.39 Å². The third kappa shape index (κ3) is 3.31. The quantitative estimate of drug-likeness (QED) is 0.931. The van der Waals surface area contributed by atoms with Gasteiger partial charge in [-0.3, -0.25) is 0 Å². The summed E-state index contributed by atoms with van der Waals surface area (Å²) in [5, 5.41) is 0. The van der Waals surface area contributed by atoms with Gasteiger partial charge in [0, 0.05) is 12.0 Å². The van der Waals surface area contributed by atoms with E-state index in [4.69, 9.17) is 10.5 Å². The van der Waals surface area contributed by atoms with Crippen LogP contribution in [0, 0.1) is 5.82 Å². The van der Waals surface area contributed by atoms with Crippen molar-refractivity contribution in [3.63, 3.8) is 0 Å². The van der Waals surface area contributed by atoms with Crippen LogP contribution in [0.3, 0.4) is 0 Å². The molecule has 0 saturated heterocycles. The van der Waals surface area contributed by atoms with Crippen molar-refractivity contribution in [1.82, 2.24) is 0 Å². The van der Waals surface area contributed by atoms with E-state index in [2.05, 4.69) is 12.1 Å². The Labute approximate surface area is 124 Å². The Hall–Kier alpha value is -1.71. The minimum atomic E-state index is -0.216. The number of ether oxygens (including phenoxy) is 1. The highest BCUT2D eigenvalue weighted by Gasteiger charge is 2.35. The molecule has 3 rings (SSSR count). The van der Waals surface area contributed by atoms with Crippen LogP contribution in [-0.2, 0) is 11.3 Å². The maximum atomic E-state index is 13.1. The van der Waals surface area contributed by atoms with Crippen LogP contribution in [0.15, 0.2) is 54.6 Å². The summed E-state index contributed by atoms with van der Waals surface area (Å²) in [7, 11) is 0. The van der Waals surface area contributed by atoms with Gasteiger partial charge in [-0.1, -0.05) is 42.5 Å². The number of nitrogens with two attached hydrogens (primary N) is 1. The van der Waals surface area contributed by atoms with E-state index in [1.807, 2.05) is 30.3 Å². The molecule has 0 amide bonds. The zero-order valence-corrected chi connectivity index (χ0v) is 11.9. The molecule has 0 radical (unpaired) electrons. The van der Waals surface area contributed by atoms with Gasteiger partial charge in [0.1, 0.15) is 5.82 Å².